The quantitative estimate of drug-likeness (QED) is 0.501. The number of aryl methyl sites for hydroxylation is 3. The zero-order chi connectivity index (χ0) is 18.8. The van der Waals surface area contributed by atoms with Crippen molar-refractivity contribution in [3.8, 4) is 11.4 Å². The lowest BCUT2D eigenvalue weighted by Gasteiger charge is -2.13. The first kappa shape index (κ1) is 18.3. The molecule has 0 radical (unpaired) electrons. The maximum Gasteiger partial charge on any atom is 0.191 e. The Balaban J connectivity index is 1.83. The van der Waals surface area contributed by atoms with Crippen molar-refractivity contribution in [1.82, 2.24) is 19.7 Å². The number of benzene rings is 1. The fraction of sp³-hybridized carbons (Fsp3) is 0.300. The summed E-state index contributed by atoms with van der Waals surface area (Å²) in [6.45, 7) is 8.01. The molecule has 0 bridgehead atoms. The molecule has 2 heterocycles. The summed E-state index contributed by atoms with van der Waals surface area (Å²) in [5.41, 5.74) is 5.08. The largest absolute Gasteiger partial charge is 0.305 e. The van der Waals surface area contributed by atoms with Crippen LogP contribution in [0.4, 0.5) is 0 Å². The van der Waals surface area contributed by atoms with Crippen LogP contribution in [0.15, 0.2) is 41.8 Å². The SMILES string of the molecule is Cc1cc(C)c(C(=O)[C@@H](C)Sc2nnc(-c3ccncc3)n2C)cc1C. The molecule has 0 N–H and O–H groups in total. The molecule has 0 aliphatic heterocycles. The number of aromatic nitrogens is 4. The van der Waals surface area contributed by atoms with Crippen LogP contribution in [0.5, 0.6) is 0 Å². The first-order valence-electron chi connectivity index (χ1n) is 8.47. The molecular formula is C20H22N4OS. The maximum atomic E-state index is 12.9. The van der Waals surface area contributed by atoms with E-state index in [0.717, 1.165) is 33.2 Å². The molecule has 1 aromatic carbocycles. The molecule has 3 aromatic rings. The summed E-state index contributed by atoms with van der Waals surface area (Å²) in [6.07, 6.45) is 3.46. The van der Waals surface area contributed by atoms with E-state index in [4.69, 9.17) is 0 Å². The smallest absolute Gasteiger partial charge is 0.191 e. The number of carbonyl (C=O) groups is 1. The van der Waals surface area contributed by atoms with E-state index in [1.807, 2.05) is 50.6 Å². The molecule has 1 atom stereocenters. The Morgan fingerprint density at radius 3 is 2.38 bits per heavy atom. The first-order valence-corrected chi connectivity index (χ1v) is 9.35. The zero-order valence-electron chi connectivity index (χ0n) is 15.6. The van der Waals surface area contributed by atoms with Crippen LogP contribution in [0.2, 0.25) is 0 Å². The number of hydrogen-bond donors (Lipinski definition) is 0. The third kappa shape index (κ3) is 3.55. The summed E-state index contributed by atoms with van der Waals surface area (Å²) >= 11 is 1.43. The molecule has 5 nitrogen and oxygen atoms in total. The molecule has 3 rings (SSSR count). The highest BCUT2D eigenvalue weighted by atomic mass is 32.2. The summed E-state index contributed by atoms with van der Waals surface area (Å²) in [6, 6.07) is 7.85. The Morgan fingerprint density at radius 1 is 1.04 bits per heavy atom. The van der Waals surface area contributed by atoms with Crippen molar-refractivity contribution >= 4 is 17.5 Å². The third-order valence-electron chi connectivity index (χ3n) is 4.53. The summed E-state index contributed by atoms with van der Waals surface area (Å²) in [5.74, 6) is 0.876. The molecule has 0 fully saturated rings. The second kappa shape index (κ2) is 7.41. The highest BCUT2D eigenvalue weighted by molar-refractivity contribution is 8.00. The minimum Gasteiger partial charge on any atom is -0.305 e. The number of thioether (sulfide) groups is 1. The Kier molecular flexibility index (Phi) is 5.23. The second-order valence-corrected chi connectivity index (χ2v) is 7.78. The normalized spacial score (nSPS) is 12.2. The van der Waals surface area contributed by atoms with Crippen molar-refractivity contribution in [2.75, 3.05) is 0 Å². The predicted molar refractivity (Wildman–Crippen MR) is 105 cm³/mol. The van der Waals surface area contributed by atoms with Gasteiger partial charge in [-0.05, 0) is 62.6 Å². The van der Waals surface area contributed by atoms with E-state index < -0.39 is 0 Å². The standard InChI is InChI=1S/C20H22N4OS/c1-12-10-14(3)17(11-13(12)2)18(25)15(4)26-20-23-22-19(24(20)5)16-6-8-21-9-7-16/h6-11,15H,1-5H3/t15-/m1/s1. The molecule has 0 spiro atoms. The Morgan fingerprint density at radius 2 is 1.69 bits per heavy atom. The predicted octanol–water partition coefficient (Wildman–Crippen LogP) is 4.17. The average molecular weight is 366 g/mol. The van der Waals surface area contributed by atoms with Crippen LogP contribution >= 0.6 is 11.8 Å². The number of Topliss-reactive ketones (excluding diaryl/α,β-unsaturated/α-hetero) is 1. The number of hydrogen-bond acceptors (Lipinski definition) is 5. The van der Waals surface area contributed by atoms with Gasteiger partial charge in [0.1, 0.15) is 0 Å². The van der Waals surface area contributed by atoms with E-state index in [0.29, 0.717) is 0 Å². The van der Waals surface area contributed by atoms with Crippen molar-refractivity contribution in [3.63, 3.8) is 0 Å². The molecule has 0 aliphatic carbocycles. The van der Waals surface area contributed by atoms with Gasteiger partial charge in [-0.1, -0.05) is 17.8 Å². The van der Waals surface area contributed by atoms with E-state index in [1.54, 1.807) is 12.4 Å². The molecule has 0 saturated carbocycles. The lowest BCUT2D eigenvalue weighted by atomic mass is 9.97. The molecule has 0 aliphatic rings. The van der Waals surface area contributed by atoms with Gasteiger partial charge in [0.05, 0.1) is 5.25 Å². The van der Waals surface area contributed by atoms with Crippen LogP contribution in [0.1, 0.15) is 34.0 Å². The van der Waals surface area contributed by atoms with Gasteiger partial charge in [0.15, 0.2) is 16.8 Å². The summed E-state index contributed by atoms with van der Waals surface area (Å²) in [5, 5.41) is 9.01. The van der Waals surface area contributed by atoms with E-state index in [-0.39, 0.29) is 11.0 Å². The Hall–Kier alpha value is -2.47. The molecule has 26 heavy (non-hydrogen) atoms. The van der Waals surface area contributed by atoms with Gasteiger partial charge in [0.25, 0.3) is 0 Å². The van der Waals surface area contributed by atoms with Gasteiger partial charge in [0, 0.05) is 30.6 Å². The summed E-state index contributed by atoms with van der Waals surface area (Å²) in [4.78, 5) is 17.0. The maximum absolute atomic E-state index is 12.9. The molecule has 134 valence electrons. The van der Waals surface area contributed by atoms with Crippen LogP contribution in [-0.2, 0) is 7.05 Å². The first-order chi connectivity index (χ1) is 12.4. The fourth-order valence-electron chi connectivity index (χ4n) is 2.83. The summed E-state index contributed by atoms with van der Waals surface area (Å²) < 4.78 is 1.91. The molecule has 0 saturated heterocycles. The van der Waals surface area contributed by atoms with Gasteiger partial charge in [-0.2, -0.15) is 0 Å². The average Bonchev–Trinajstić information content (AvgIpc) is 2.99. The highest BCUT2D eigenvalue weighted by Crippen LogP contribution is 2.28. The van der Waals surface area contributed by atoms with Gasteiger partial charge in [-0.3, -0.25) is 9.78 Å². The highest BCUT2D eigenvalue weighted by Gasteiger charge is 2.22. The monoisotopic (exact) mass is 366 g/mol. The van der Waals surface area contributed by atoms with Crippen LogP contribution in [-0.4, -0.2) is 30.8 Å². The third-order valence-corrected chi connectivity index (χ3v) is 5.66. The van der Waals surface area contributed by atoms with E-state index in [2.05, 4.69) is 28.2 Å². The molecule has 2 aromatic heterocycles. The molecule has 6 heteroatoms. The van der Waals surface area contributed by atoms with E-state index in [9.17, 15) is 4.79 Å². The second-order valence-electron chi connectivity index (χ2n) is 6.48. The van der Waals surface area contributed by atoms with Crippen LogP contribution in [0.3, 0.4) is 0 Å². The van der Waals surface area contributed by atoms with Crippen molar-refractivity contribution in [2.24, 2.45) is 7.05 Å². The minimum absolute atomic E-state index is 0.115. The van der Waals surface area contributed by atoms with E-state index in [1.165, 1.54) is 17.3 Å². The molecule has 0 amide bonds. The van der Waals surface area contributed by atoms with Crippen molar-refractivity contribution in [2.45, 2.75) is 38.1 Å². The van der Waals surface area contributed by atoms with Crippen LogP contribution < -0.4 is 0 Å². The van der Waals surface area contributed by atoms with Crippen molar-refractivity contribution < 1.29 is 4.79 Å². The number of rotatable bonds is 5. The fourth-order valence-corrected chi connectivity index (χ4v) is 3.71. The Labute approximate surface area is 157 Å². The molecule has 0 unspecified atom stereocenters. The Bertz CT molecular complexity index is 950. The number of pyridine rings is 1. The van der Waals surface area contributed by atoms with Gasteiger partial charge in [-0.15, -0.1) is 10.2 Å². The van der Waals surface area contributed by atoms with Crippen molar-refractivity contribution in [1.29, 1.82) is 0 Å². The molecular weight excluding hydrogens is 344 g/mol. The summed E-state index contributed by atoms with van der Waals surface area (Å²) in [7, 11) is 1.91. The number of carbonyl (C=O) groups excluding carboxylic acids is 1. The van der Waals surface area contributed by atoms with Crippen LogP contribution in [0.25, 0.3) is 11.4 Å². The van der Waals surface area contributed by atoms with Crippen LogP contribution in [0, 0.1) is 20.8 Å². The lowest BCUT2D eigenvalue weighted by molar-refractivity contribution is 0.0993. The minimum atomic E-state index is -0.246. The topological polar surface area (TPSA) is 60.7 Å². The van der Waals surface area contributed by atoms with Gasteiger partial charge >= 0.3 is 0 Å². The van der Waals surface area contributed by atoms with Gasteiger partial charge in [-0.25, -0.2) is 0 Å². The zero-order valence-corrected chi connectivity index (χ0v) is 16.5. The number of ketones is 1. The van der Waals surface area contributed by atoms with Gasteiger partial charge in [0.2, 0.25) is 0 Å². The number of nitrogens with zero attached hydrogens (tertiary/aromatic N) is 4. The lowest BCUT2D eigenvalue weighted by Crippen LogP contribution is -2.16. The van der Waals surface area contributed by atoms with E-state index >= 15 is 0 Å². The van der Waals surface area contributed by atoms with Gasteiger partial charge < -0.3 is 4.57 Å². The van der Waals surface area contributed by atoms with Crippen molar-refractivity contribution in [3.05, 3.63) is 58.9 Å².